The van der Waals surface area contributed by atoms with Gasteiger partial charge in [-0.05, 0) is 42.8 Å². The van der Waals surface area contributed by atoms with Crippen molar-refractivity contribution in [2.24, 2.45) is 0 Å². The number of carboxylic acid groups (broad SMARTS) is 1. The number of thioether (sulfide) groups is 1. The summed E-state index contributed by atoms with van der Waals surface area (Å²) in [4.78, 5) is 25.1. The second-order valence-electron chi connectivity index (χ2n) is 6.48. The summed E-state index contributed by atoms with van der Waals surface area (Å²) in [6.45, 7) is 1.57. The van der Waals surface area contributed by atoms with Crippen molar-refractivity contribution in [3.8, 4) is 11.5 Å². The van der Waals surface area contributed by atoms with Crippen molar-refractivity contribution in [2.75, 3.05) is 7.11 Å². The van der Waals surface area contributed by atoms with Crippen LogP contribution in [0.2, 0.25) is 10.0 Å². The summed E-state index contributed by atoms with van der Waals surface area (Å²) >= 11 is 18.3. The van der Waals surface area contributed by atoms with E-state index in [1.54, 1.807) is 42.5 Å². The minimum absolute atomic E-state index is 0.166. The van der Waals surface area contributed by atoms with Crippen molar-refractivity contribution in [3.63, 3.8) is 0 Å². The van der Waals surface area contributed by atoms with E-state index < -0.39 is 17.9 Å². The summed E-state index contributed by atoms with van der Waals surface area (Å²) in [5.74, 6) is -0.911. The number of halogens is 2. The van der Waals surface area contributed by atoms with Crippen molar-refractivity contribution >= 4 is 69.5 Å². The van der Waals surface area contributed by atoms with Crippen LogP contribution < -0.4 is 14.6 Å². The molecule has 0 spiro atoms. The van der Waals surface area contributed by atoms with Gasteiger partial charge in [0.15, 0.2) is 11.5 Å². The van der Waals surface area contributed by atoms with Gasteiger partial charge < -0.3 is 19.4 Å². The van der Waals surface area contributed by atoms with E-state index in [-0.39, 0.29) is 10.9 Å². The van der Waals surface area contributed by atoms with Gasteiger partial charge >= 0.3 is 0 Å². The molecule has 10 heteroatoms. The highest BCUT2D eigenvalue weighted by Crippen LogP contribution is 2.36. The Labute approximate surface area is 198 Å². The summed E-state index contributed by atoms with van der Waals surface area (Å²) in [5.41, 5.74) is 1.43. The molecular weight excluding hydrogens is 481 g/mol. The van der Waals surface area contributed by atoms with Crippen LogP contribution >= 0.6 is 47.2 Å². The molecule has 0 aliphatic carbocycles. The number of thiocarbonyl (C=S) groups is 1. The molecule has 1 amide bonds. The van der Waals surface area contributed by atoms with E-state index in [0.29, 0.717) is 32.0 Å². The Balaban J connectivity index is 1.79. The zero-order chi connectivity index (χ0) is 22.7. The Kier molecular flexibility index (Phi) is 7.48. The number of aliphatic carboxylic acids is 1. The first-order chi connectivity index (χ1) is 14.7. The minimum atomic E-state index is -1.37. The third-order valence-corrected chi connectivity index (χ3v) is 6.35. The van der Waals surface area contributed by atoms with Crippen molar-refractivity contribution < 1.29 is 24.2 Å². The molecule has 1 heterocycles. The lowest BCUT2D eigenvalue weighted by Gasteiger charge is -2.23. The normalized spacial score (nSPS) is 16.0. The van der Waals surface area contributed by atoms with E-state index in [2.05, 4.69) is 0 Å². The summed E-state index contributed by atoms with van der Waals surface area (Å²) < 4.78 is 11.4. The lowest BCUT2D eigenvalue weighted by molar-refractivity contribution is -0.309. The van der Waals surface area contributed by atoms with E-state index in [0.717, 1.165) is 22.2 Å². The summed E-state index contributed by atoms with van der Waals surface area (Å²) in [6, 6.07) is 9.15. The standard InChI is InChI=1S/C21H17Cl2NO5S2/c1-11(20(26)27)24-19(25)18(31-21(24)30)8-12-3-6-16(17(7-12)28-2)29-10-13-4-5-14(22)9-15(13)23/h3-9,11H,10H2,1-2H3,(H,26,27)/p-1/b18-8-/t11-/m0/s1. The maximum Gasteiger partial charge on any atom is 0.266 e. The molecule has 162 valence electrons. The van der Waals surface area contributed by atoms with Gasteiger partial charge in [0.2, 0.25) is 0 Å². The number of hydrogen-bond donors (Lipinski definition) is 0. The number of benzene rings is 2. The highest BCUT2D eigenvalue weighted by molar-refractivity contribution is 8.26. The fourth-order valence-electron chi connectivity index (χ4n) is 2.76. The maximum absolute atomic E-state index is 12.6. The molecule has 0 bridgehead atoms. The number of nitrogens with zero attached hydrogens (tertiary/aromatic N) is 1. The lowest BCUT2D eigenvalue weighted by Crippen LogP contribution is -2.48. The topological polar surface area (TPSA) is 78.9 Å². The molecule has 1 saturated heterocycles. The van der Waals surface area contributed by atoms with Gasteiger partial charge in [-0.1, -0.05) is 59.3 Å². The molecule has 2 aromatic carbocycles. The smallest absolute Gasteiger partial charge is 0.266 e. The molecule has 1 fully saturated rings. The van der Waals surface area contributed by atoms with Crippen LogP contribution in [0.3, 0.4) is 0 Å². The van der Waals surface area contributed by atoms with Crippen molar-refractivity contribution in [1.82, 2.24) is 4.90 Å². The molecule has 0 N–H and O–H groups in total. The number of amides is 1. The summed E-state index contributed by atoms with van der Waals surface area (Å²) in [6.07, 6.45) is 1.61. The number of carboxylic acids is 1. The van der Waals surface area contributed by atoms with Gasteiger partial charge in [-0.3, -0.25) is 9.69 Å². The molecule has 6 nitrogen and oxygen atoms in total. The van der Waals surface area contributed by atoms with Gasteiger partial charge in [-0.2, -0.15) is 0 Å². The van der Waals surface area contributed by atoms with E-state index >= 15 is 0 Å². The van der Waals surface area contributed by atoms with Gasteiger partial charge in [0, 0.05) is 15.6 Å². The lowest BCUT2D eigenvalue weighted by atomic mass is 10.1. The van der Waals surface area contributed by atoms with E-state index in [4.69, 9.17) is 44.9 Å². The summed E-state index contributed by atoms with van der Waals surface area (Å²) in [7, 11) is 1.50. The van der Waals surface area contributed by atoms with Crippen molar-refractivity contribution in [3.05, 3.63) is 62.5 Å². The number of hydrogen-bond acceptors (Lipinski definition) is 7. The number of carbonyl (C=O) groups is 2. The Bertz CT molecular complexity index is 1090. The number of ether oxygens (including phenoxy) is 2. The van der Waals surface area contributed by atoms with Crippen LogP contribution in [-0.4, -0.2) is 34.2 Å². The molecule has 1 atom stereocenters. The van der Waals surface area contributed by atoms with Crippen LogP contribution in [0.25, 0.3) is 6.08 Å². The average Bonchev–Trinajstić information content (AvgIpc) is 3.00. The third kappa shape index (κ3) is 5.33. The quantitative estimate of drug-likeness (QED) is 0.424. The second kappa shape index (κ2) is 9.91. The van der Waals surface area contributed by atoms with Crippen LogP contribution in [-0.2, 0) is 16.2 Å². The predicted octanol–water partition coefficient (Wildman–Crippen LogP) is 3.92. The second-order valence-corrected chi connectivity index (χ2v) is 9.00. The molecule has 0 unspecified atom stereocenters. The first-order valence-electron chi connectivity index (χ1n) is 8.94. The Morgan fingerprint density at radius 1 is 1.26 bits per heavy atom. The van der Waals surface area contributed by atoms with Crippen molar-refractivity contribution in [2.45, 2.75) is 19.6 Å². The predicted molar refractivity (Wildman–Crippen MR) is 123 cm³/mol. The largest absolute Gasteiger partial charge is 0.548 e. The molecule has 1 aliphatic rings. The first kappa shape index (κ1) is 23.4. The Morgan fingerprint density at radius 2 is 2.00 bits per heavy atom. The van der Waals surface area contributed by atoms with E-state index in [1.165, 1.54) is 14.0 Å². The Morgan fingerprint density at radius 3 is 2.65 bits per heavy atom. The molecule has 3 rings (SSSR count). The molecule has 1 aliphatic heterocycles. The number of methoxy groups -OCH3 is 1. The van der Waals surface area contributed by atoms with E-state index in [1.807, 2.05) is 0 Å². The number of rotatable bonds is 7. The van der Waals surface area contributed by atoms with Crippen LogP contribution in [0.4, 0.5) is 0 Å². The molecular formula is C21H16Cl2NO5S2-. The third-order valence-electron chi connectivity index (χ3n) is 4.44. The zero-order valence-electron chi connectivity index (χ0n) is 16.4. The van der Waals surface area contributed by atoms with Crippen molar-refractivity contribution in [1.29, 1.82) is 0 Å². The van der Waals surface area contributed by atoms with E-state index in [9.17, 15) is 14.7 Å². The molecule has 0 aromatic heterocycles. The first-order valence-corrected chi connectivity index (χ1v) is 10.9. The molecule has 2 aromatic rings. The highest BCUT2D eigenvalue weighted by Gasteiger charge is 2.35. The SMILES string of the molecule is COc1cc(/C=C2\SC(=S)N([C@@H](C)C(=O)[O-])C2=O)ccc1OCc1ccc(Cl)cc1Cl. The van der Waals surface area contributed by atoms with Gasteiger partial charge in [-0.15, -0.1) is 0 Å². The Hall–Kier alpha value is -2.26. The average molecular weight is 497 g/mol. The van der Waals surface area contributed by atoms with Crippen LogP contribution in [0.1, 0.15) is 18.1 Å². The molecule has 31 heavy (non-hydrogen) atoms. The van der Waals surface area contributed by atoms with Gasteiger partial charge in [0.25, 0.3) is 5.91 Å². The van der Waals surface area contributed by atoms with Crippen LogP contribution in [0.5, 0.6) is 11.5 Å². The van der Waals surface area contributed by atoms with Gasteiger partial charge in [0.05, 0.1) is 24.0 Å². The van der Waals surface area contributed by atoms with Gasteiger partial charge in [0.1, 0.15) is 10.9 Å². The number of carbonyl (C=O) groups excluding carboxylic acids is 2. The van der Waals surface area contributed by atoms with Crippen LogP contribution in [0, 0.1) is 0 Å². The fraction of sp³-hybridized carbons (Fsp3) is 0.190. The minimum Gasteiger partial charge on any atom is -0.548 e. The monoisotopic (exact) mass is 496 g/mol. The van der Waals surface area contributed by atoms with Crippen LogP contribution in [0.15, 0.2) is 41.3 Å². The molecule has 0 saturated carbocycles. The zero-order valence-corrected chi connectivity index (χ0v) is 19.5. The summed E-state index contributed by atoms with van der Waals surface area (Å²) in [5, 5.41) is 12.2. The maximum atomic E-state index is 12.6. The fourth-order valence-corrected chi connectivity index (χ4v) is 4.64. The highest BCUT2D eigenvalue weighted by atomic mass is 35.5. The van der Waals surface area contributed by atoms with Gasteiger partial charge in [-0.25, -0.2) is 0 Å². The molecule has 0 radical (unpaired) electrons.